The summed E-state index contributed by atoms with van der Waals surface area (Å²) < 4.78 is 71.8. The zero-order valence-corrected chi connectivity index (χ0v) is 15.2. The van der Waals surface area contributed by atoms with Crippen LogP contribution in [0.4, 0.5) is 27.6 Å². The van der Waals surface area contributed by atoms with E-state index in [2.05, 4.69) is 15.5 Å². The first-order valence-corrected chi connectivity index (χ1v) is 8.32. The van der Waals surface area contributed by atoms with E-state index in [0.717, 1.165) is 24.4 Å². The number of nitrogens with one attached hydrogen (secondary N) is 2. The highest BCUT2D eigenvalue weighted by molar-refractivity contribution is 6.32. The molecule has 30 heavy (non-hydrogen) atoms. The van der Waals surface area contributed by atoms with Gasteiger partial charge in [-0.2, -0.15) is 18.3 Å². The molecule has 0 spiro atoms. The van der Waals surface area contributed by atoms with Crippen LogP contribution in [0.1, 0.15) is 15.9 Å². The predicted molar refractivity (Wildman–Crippen MR) is 95.7 cm³/mol. The maximum atomic E-state index is 13.9. The SMILES string of the molecule is O=C(Nc1cn[nH]c(=O)c1)c1cc(Cl)c(C(F)(F)F)cc1Oc1ccc(F)cc1F. The molecule has 2 N–H and O–H groups in total. The first kappa shape index (κ1) is 21.2. The van der Waals surface area contributed by atoms with Gasteiger partial charge in [-0.3, -0.25) is 9.59 Å². The van der Waals surface area contributed by atoms with Crippen molar-refractivity contribution in [3.63, 3.8) is 0 Å². The van der Waals surface area contributed by atoms with E-state index in [1.54, 1.807) is 0 Å². The van der Waals surface area contributed by atoms with E-state index < -0.39 is 56.9 Å². The molecule has 2 aromatic carbocycles. The number of H-pyrrole nitrogens is 1. The minimum Gasteiger partial charge on any atom is -0.453 e. The van der Waals surface area contributed by atoms with Crippen molar-refractivity contribution in [2.24, 2.45) is 0 Å². The summed E-state index contributed by atoms with van der Waals surface area (Å²) in [5.41, 5.74) is -2.56. The van der Waals surface area contributed by atoms with E-state index in [1.807, 2.05) is 0 Å². The maximum absolute atomic E-state index is 13.9. The second-order valence-corrected chi connectivity index (χ2v) is 6.20. The van der Waals surface area contributed by atoms with Gasteiger partial charge in [0.25, 0.3) is 11.5 Å². The molecular weight excluding hydrogens is 437 g/mol. The number of carbonyl (C=O) groups is 1. The third-order valence-electron chi connectivity index (χ3n) is 3.66. The molecule has 6 nitrogen and oxygen atoms in total. The lowest BCUT2D eigenvalue weighted by Crippen LogP contribution is -2.17. The highest BCUT2D eigenvalue weighted by atomic mass is 35.5. The number of anilines is 1. The third-order valence-corrected chi connectivity index (χ3v) is 3.97. The van der Waals surface area contributed by atoms with E-state index in [-0.39, 0.29) is 5.69 Å². The first-order valence-electron chi connectivity index (χ1n) is 7.94. The zero-order chi connectivity index (χ0) is 22.1. The Morgan fingerprint density at radius 3 is 2.47 bits per heavy atom. The number of amides is 1. The Labute approximate surface area is 169 Å². The molecule has 0 saturated heterocycles. The fraction of sp³-hybridized carbons (Fsp3) is 0.0556. The summed E-state index contributed by atoms with van der Waals surface area (Å²) in [6, 6.07) is 4.18. The van der Waals surface area contributed by atoms with Crippen LogP contribution in [0.15, 0.2) is 47.4 Å². The maximum Gasteiger partial charge on any atom is 0.417 e. The van der Waals surface area contributed by atoms with Crippen LogP contribution in [-0.4, -0.2) is 16.1 Å². The van der Waals surface area contributed by atoms with Crippen molar-refractivity contribution in [1.82, 2.24) is 10.2 Å². The van der Waals surface area contributed by atoms with Gasteiger partial charge in [-0.05, 0) is 24.3 Å². The molecule has 0 atom stereocenters. The van der Waals surface area contributed by atoms with Crippen LogP contribution in [0.3, 0.4) is 0 Å². The molecule has 0 bridgehead atoms. The number of hydrogen-bond acceptors (Lipinski definition) is 4. The molecule has 0 radical (unpaired) electrons. The van der Waals surface area contributed by atoms with Crippen molar-refractivity contribution < 1.29 is 31.5 Å². The molecule has 1 heterocycles. The molecule has 0 fully saturated rings. The van der Waals surface area contributed by atoms with Crippen molar-refractivity contribution in [3.8, 4) is 11.5 Å². The molecule has 0 unspecified atom stereocenters. The summed E-state index contributed by atoms with van der Waals surface area (Å²) >= 11 is 5.67. The number of hydrogen-bond donors (Lipinski definition) is 2. The Hall–Kier alpha value is -3.47. The van der Waals surface area contributed by atoms with E-state index in [9.17, 15) is 31.5 Å². The van der Waals surface area contributed by atoms with Crippen molar-refractivity contribution in [3.05, 3.63) is 80.7 Å². The van der Waals surface area contributed by atoms with E-state index >= 15 is 0 Å². The van der Waals surface area contributed by atoms with Crippen LogP contribution in [-0.2, 0) is 6.18 Å². The lowest BCUT2D eigenvalue weighted by Gasteiger charge is -2.16. The summed E-state index contributed by atoms with van der Waals surface area (Å²) in [6.07, 6.45) is -3.83. The molecular formula is C18H9ClF5N3O3. The van der Waals surface area contributed by atoms with Gasteiger partial charge < -0.3 is 10.1 Å². The zero-order valence-electron chi connectivity index (χ0n) is 14.5. The Balaban J connectivity index is 2.07. The van der Waals surface area contributed by atoms with Gasteiger partial charge >= 0.3 is 6.18 Å². The lowest BCUT2D eigenvalue weighted by atomic mass is 10.1. The van der Waals surface area contributed by atoms with Gasteiger partial charge in [0.1, 0.15) is 11.6 Å². The largest absolute Gasteiger partial charge is 0.453 e. The lowest BCUT2D eigenvalue weighted by molar-refractivity contribution is -0.137. The normalized spacial score (nSPS) is 11.3. The molecule has 1 aromatic heterocycles. The Morgan fingerprint density at radius 1 is 1.10 bits per heavy atom. The number of alkyl halides is 3. The van der Waals surface area contributed by atoms with Gasteiger partial charge in [0.2, 0.25) is 0 Å². The molecule has 0 aliphatic carbocycles. The highest BCUT2D eigenvalue weighted by Gasteiger charge is 2.35. The molecule has 3 aromatic rings. The molecule has 3 rings (SSSR count). The standard InChI is InChI=1S/C18H9ClF5N3O3/c19-12-5-10(17(29)26-9-4-16(28)27-25-7-9)15(6-11(12)18(22,23)24)30-14-2-1-8(20)3-13(14)21/h1-7H,(H2,26,27,28,29). The van der Waals surface area contributed by atoms with Crippen molar-refractivity contribution in [2.75, 3.05) is 5.32 Å². The van der Waals surface area contributed by atoms with Crippen LogP contribution >= 0.6 is 11.6 Å². The topological polar surface area (TPSA) is 84.1 Å². The van der Waals surface area contributed by atoms with Crippen LogP contribution in [0.5, 0.6) is 11.5 Å². The van der Waals surface area contributed by atoms with Gasteiger partial charge in [-0.25, -0.2) is 13.9 Å². The Morgan fingerprint density at radius 2 is 1.83 bits per heavy atom. The summed E-state index contributed by atoms with van der Waals surface area (Å²) in [4.78, 5) is 23.8. The van der Waals surface area contributed by atoms with Gasteiger partial charge in [0, 0.05) is 12.1 Å². The average Bonchev–Trinajstić information content (AvgIpc) is 2.64. The minimum absolute atomic E-state index is 0.0707. The number of aromatic amines is 1. The molecule has 1 amide bonds. The highest BCUT2D eigenvalue weighted by Crippen LogP contribution is 2.40. The summed E-state index contributed by atoms with van der Waals surface area (Å²) in [7, 11) is 0. The molecule has 0 saturated carbocycles. The van der Waals surface area contributed by atoms with Gasteiger partial charge in [0.15, 0.2) is 11.6 Å². The number of rotatable bonds is 4. The Bertz CT molecular complexity index is 1180. The Kier molecular flexibility index (Phi) is 5.74. The van der Waals surface area contributed by atoms with Gasteiger partial charge in [-0.15, -0.1) is 0 Å². The third kappa shape index (κ3) is 4.74. The molecule has 0 aliphatic heterocycles. The molecule has 156 valence electrons. The summed E-state index contributed by atoms with van der Waals surface area (Å²) in [6.45, 7) is 0. The second-order valence-electron chi connectivity index (χ2n) is 5.79. The van der Waals surface area contributed by atoms with E-state index in [0.29, 0.717) is 18.2 Å². The predicted octanol–water partition coefficient (Wildman–Crippen LogP) is 4.76. The van der Waals surface area contributed by atoms with Gasteiger partial charge in [0.05, 0.1) is 28.0 Å². The summed E-state index contributed by atoms with van der Waals surface area (Å²) in [5.74, 6) is -4.49. The molecule has 0 aliphatic rings. The van der Waals surface area contributed by atoms with Crippen LogP contribution < -0.4 is 15.6 Å². The number of ether oxygens (including phenoxy) is 1. The number of benzene rings is 2. The summed E-state index contributed by atoms with van der Waals surface area (Å²) in [5, 5.41) is 6.96. The van der Waals surface area contributed by atoms with Crippen molar-refractivity contribution in [1.29, 1.82) is 0 Å². The fourth-order valence-corrected chi connectivity index (χ4v) is 2.62. The smallest absolute Gasteiger partial charge is 0.417 e. The fourth-order valence-electron chi connectivity index (χ4n) is 2.35. The molecule has 12 heteroatoms. The quantitative estimate of drug-likeness (QED) is 0.567. The van der Waals surface area contributed by atoms with Crippen LogP contribution in [0.2, 0.25) is 5.02 Å². The second kappa shape index (κ2) is 8.11. The van der Waals surface area contributed by atoms with E-state index in [4.69, 9.17) is 16.3 Å². The van der Waals surface area contributed by atoms with E-state index in [1.165, 1.54) is 0 Å². The number of halogens is 6. The van der Waals surface area contributed by atoms with Gasteiger partial charge in [-0.1, -0.05) is 11.6 Å². The first-order chi connectivity index (χ1) is 14.0. The van der Waals surface area contributed by atoms with Crippen LogP contribution in [0.25, 0.3) is 0 Å². The monoisotopic (exact) mass is 445 g/mol. The number of aromatic nitrogens is 2. The average molecular weight is 446 g/mol. The number of nitrogens with zero attached hydrogens (tertiary/aromatic N) is 1. The van der Waals surface area contributed by atoms with Crippen molar-refractivity contribution in [2.45, 2.75) is 6.18 Å². The van der Waals surface area contributed by atoms with Crippen molar-refractivity contribution >= 4 is 23.2 Å². The number of carbonyl (C=O) groups excluding carboxylic acids is 1. The van der Waals surface area contributed by atoms with Crippen LogP contribution in [0, 0.1) is 11.6 Å². The minimum atomic E-state index is -4.90.